The van der Waals surface area contributed by atoms with Gasteiger partial charge in [-0.05, 0) is 36.1 Å². The highest BCUT2D eigenvalue weighted by atomic mass is 16.5. The van der Waals surface area contributed by atoms with Crippen molar-refractivity contribution in [2.45, 2.75) is 31.3 Å². The highest BCUT2D eigenvalue weighted by Gasteiger charge is 2.23. The summed E-state index contributed by atoms with van der Waals surface area (Å²) in [6.45, 7) is 0. The lowest BCUT2D eigenvalue weighted by Crippen LogP contribution is -2.27. The predicted molar refractivity (Wildman–Crippen MR) is 120 cm³/mol. The van der Waals surface area contributed by atoms with Gasteiger partial charge in [-0.3, -0.25) is 0 Å². The van der Waals surface area contributed by atoms with E-state index in [-0.39, 0.29) is 5.92 Å². The number of aromatic nitrogens is 2. The molecule has 0 aliphatic carbocycles. The first kappa shape index (κ1) is 21.3. The first-order valence-electron chi connectivity index (χ1n) is 10.6. The molecule has 0 aliphatic heterocycles. The Morgan fingerprint density at radius 2 is 1.44 bits per heavy atom. The number of carbonyl (C=O) groups is 1. The Kier molecular flexibility index (Phi) is 6.92. The molecule has 3 aromatic carbocycles. The number of benzene rings is 3. The molecule has 0 saturated heterocycles. The Hall–Kier alpha value is -3.93. The van der Waals surface area contributed by atoms with Crippen molar-refractivity contribution in [3.05, 3.63) is 114 Å². The van der Waals surface area contributed by atoms with Gasteiger partial charge >= 0.3 is 5.97 Å². The average molecular weight is 428 g/mol. The molecule has 0 bridgehead atoms. The van der Waals surface area contributed by atoms with Crippen molar-refractivity contribution >= 4 is 5.97 Å². The first-order chi connectivity index (χ1) is 15.7. The fourth-order valence-corrected chi connectivity index (χ4v) is 3.60. The fourth-order valence-electron chi connectivity index (χ4n) is 3.60. The third-order valence-electron chi connectivity index (χ3n) is 5.16. The van der Waals surface area contributed by atoms with Crippen LogP contribution in [0.1, 0.15) is 41.6 Å². The van der Waals surface area contributed by atoms with Crippen LogP contribution < -0.4 is 4.74 Å². The Morgan fingerprint density at radius 3 is 2.00 bits per heavy atom. The highest BCUT2D eigenvalue weighted by Crippen LogP contribution is 2.30. The third-order valence-corrected chi connectivity index (χ3v) is 5.16. The van der Waals surface area contributed by atoms with Crippen LogP contribution in [0.4, 0.5) is 0 Å². The molecule has 0 fully saturated rings. The lowest BCUT2D eigenvalue weighted by molar-refractivity contribution is -0.145. The number of hydrogen-bond acceptors (Lipinski definition) is 5. The van der Waals surface area contributed by atoms with Gasteiger partial charge in [0, 0.05) is 6.42 Å². The van der Waals surface area contributed by atoms with Gasteiger partial charge in [-0.15, -0.1) is 0 Å². The molecule has 0 radical (unpaired) electrons. The Labute approximate surface area is 186 Å². The lowest BCUT2D eigenvalue weighted by atomic mass is 9.91. The second kappa shape index (κ2) is 10.4. The minimum Gasteiger partial charge on any atom is -0.479 e. The molecule has 0 amide bonds. The number of ether oxygens (including phenoxy) is 1. The molecule has 32 heavy (non-hydrogen) atoms. The maximum absolute atomic E-state index is 11.6. The van der Waals surface area contributed by atoms with E-state index in [1.165, 1.54) is 0 Å². The van der Waals surface area contributed by atoms with Gasteiger partial charge in [0.15, 0.2) is 11.9 Å². The summed E-state index contributed by atoms with van der Waals surface area (Å²) in [6, 6.07) is 29.1. The molecular weight excluding hydrogens is 404 g/mol. The van der Waals surface area contributed by atoms with Gasteiger partial charge in [-0.2, -0.15) is 4.98 Å². The molecule has 0 spiro atoms. The monoisotopic (exact) mass is 428 g/mol. The average Bonchev–Trinajstić information content (AvgIpc) is 3.29. The minimum absolute atomic E-state index is 0.136. The van der Waals surface area contributed by atoms with Gasteiger partial charge < -0.3 is 14.4 Å². The molecular formula is C26H24N2O4. The maximum Gasteiger partial charge on any atom is 0.344 e. The van der Waals surface area contributed by atoms with Crippen molar-refractivity contribution in [3.8, 4) is 5.75 Å². The topological polar surface area (TPSA) is 85.5 Å². The maximum atomic E-state index is 11.6. The zero-order chi connectivity index (χ0) is 22.2. The van der Waals surface area contributed by atoms with E-state index in [0.717, 1.165) is 11.1 Å². The van der Waals surface area contributed by atoms with Gasteiger partial charge in [-0.1, -0.05) is 84.0 Å². The second-order valence-electron chi connectivity index (χ2n) is 7.45. The van der Waals surface area contributed by atoms with E-state index in [0.29, 0.717) is 36.7 Å². The van der Waals surface area contributed by atoms with Crippen LogP contribution in [0.5, 0.6) is 5.75 Å². The summed E-state index contributed by atoms with van der Waals surface area (Å²) in [5.74, 6) is 0.485. The van der Waals surface area contributed by atoms with Crippen molar-refractivity contribution in [2.24, 2.45) is 0 Å². The van der Waals surface area contributed by atoms with Gasteiger partial charge in [0.25, 0.3) is 0 Å². The van der Waals surface area contributed by atoms with Crippen molar-refractivity contribution in [1.82, 2.24) is 10.1 Å². The molecule has 1 atom stereocenters. The number of rotatable bonds is 10. The Bertz CT molecular complexity index is 1070. The van der Waals surface area contributed by atoms with E-state index in [9.17, 15) is 9.90 Å². The third kappa shape index (κ3) is 5.40. The summed E-state index contributed by atoms with van der Waals surface area (Å²) in [5, 5.41) is 13.7. The fraction of sp³-hybridized carbons (Fsp3) is 0.192. The molecule has 1 unspecified atom stereocenters. The highest BCUT2D eigenvalue weighted by molar-refractivity contribution is 5.72. The van der Waals surface area contributed by atoms with Crippen LogP contribution in [0.25, 0.3) is 0 Å². The normalized spacial score (nSPS) is 11.9. The zero-order valence-corrected chi connectivity index (χ0v) is 17.5. The molecule has 1 N–H and O–H groups in total. The number of carboxylic acid groups (broad SMARTS) is 1. The predicted octanol–water partition coefficient (Wildman–Crippen LogP) is 5.10. The zero-order valence-electron chi connectivity index (χ0n) is 17.5. The van der Waals surface area contributed by atoms with Gasteiger partial charge in [0.05, 0.1) is 5.92 Å². The summed E-state index contributed by atoms with van der Waals surface area (Å²) < 4.78 is 11.1. The van der Waals surface area contributed by atoms with Crippen LogP contribution in [0.15, 0.2) is 95.5 Å². The van der Waals surface area contributed by atoms with Crippen molar-refractivity contribution in [1.29, 1.82) is 0 Å². The van der Waals surface area contributed by atoms with E-state index in [1.807, 2.05) is 78.9 Å². The van der Waals surface area contributed by atoms with Crippen molar-refractivity contribution < 1.29 is 19.2 Å². The molecule has 1 aromatic heterocycles. The van der Waals surface area contributed by atoms with Crippen LogP contribution in [0.2, 0.25) is 0 Å². The molecule has 0 aliphatic rings. The van der Waals surface area contributed by atoms with Crippen molar-refractivity contribution in [3.63, 3.8) is 0 Å². The molecule has 162 valence electrons. The number of aliphatic carboxylic acids is 1. The van der Waals surface area contributed by atoms with Crippen LogP contribution >= 0.6 is 0 Å². The van der Waals surface area contributed by atoms with E-state index < -0.39 is 12.1 Å². The smallest absolute Gasteiger partial charge is 0.344 e. The standard InChI is InChI=1S/C26H24N2O4/c29-26(30)22(31-21-15-8-3-9-16-21)17-10-18-23-27-25(28-32-23)24(19-11-4-1-5-12-19)20-13-6-2-7-14-20/h1-9,11-16,22,24H,10,17-18H2,(H,29,30). The summed E-state index contributed by atoms with van der Waals surface area (Å²) >= 11 is 0. The summed E-state index contributed by atoms with van der Waals surface area (Å²) in [4.78, 5) is 16.2. The second-order valence-corrected chi connectivity index (χ2v) is 7.45. The quantitative estimate of drug-likeness (QED) is 0.378. The summed E-state index contributed by atoms with van der Waals surface area (Å²) in [6.07, 6.45) is 0.432. The molecule has 4 aromatic rings. The molecule has 0 saturated carbocycles. The lowest BCUT2D eigenvalue weighted by Gasteiger charge is -2.14. The molecule has 1 heterocycles. The Balaban J connectivity index is 1.43. The van der Waals surface area contributed by atoms with Crippen LogP contribution in [0.3, 0.4) is 0 Å². The first-order valence-corrected chi connectivity index (χ1v) is 10.6. The SMILES string of the molecule is O=C(O)C(CCCc1nc(C(c2ccccc2)c2ccccc2)no1)Oc1ccccc1. The van der Waals surface area contributed by atoms with E-state index >= 15 is 0 Å². The summed E-state index contributed by atoms with van der Waals surface area (Å²) in [5.41, 5.74) is 2.15. The van der Waals surface area contributed by atoms with Gasteiger partial charge in [0.1, 0.15) is 5.75 Å². The number of aryl methyl sites for hydroxylation is 1. The van der Waals surface area contributed by atoms with E-state index in [1.54, 1.807) is 12.1 Å². The number of para-hydroxylation sites is 1. The van der Waals surface area contributed by atoms with Gasteiger partial charge in [-0.25, -0.2) is 4.79 Å². The van der Waals surface area contributed by atoms with Crippen molar-refractivity contribution in [2.75, 3.05) is 0 Å². The molecule has 6 heteroatoms. The van der Waals surface area contributed by atoms with Crippen LogP contribution in [-0.2, 0) is 11.2 Å². The number of hydrogen-bond donors (Lipinski definition) is 1. The van der Waals surface area contributed by atoms with Crippen LogP contribution in [-0.4, -0.2) is 27.3 Å². The largest absolute Gasteiger partial charge is 0.479 e. The summed E-state index contributed by atoms with van der Waals surface area (Å²) in [7, 11) is 0. The molecule has 4 rings (SSSR count). The van der Waals surface area contributed by atoms with E-state index in [4.69, 9.17) is 9.26 Å². The van der Waals surface area contributed by atoms with Crippen LogP contribution in [0, 0.1) is 0 Å². The number of carboxylic acids is 1. The minimum atomic E-state index is -0.992. The Morgan fingerprint density at radius 1 is 0.875 bits per heavy atom. The number of nitrogens with zero attached hydrogens (tertiary/aromatic N) is 2. The molecule has 6 nitrogen and oxygen atoms in total. The van der Waals surface area contributed by atoms with Gasteiger partial charge in [0.2, 0.25) is 5.89 Å². The van der Waals surface area contributed by atoms with E-state index in [2.05, 4.69) is 10.1 Å².